The number of carbonyl (C=O) groups is 1. The SMILES string of the molecule is Cl.NC1=NC2(CCCCC2)N(c2ccc(OCc3cn(CC(=O)c4ccccc4)nn3)cc2)C(N)=N1. The van der Waals surface area contributed by atoms with Gasteiger partial charge < -0.3 is 16.2 Å². The number of Topliss-reactive ketones (excluding diaryl/α,β-unsaturated/α-hetero) is 1. The molecule has 0 unspecified atom stereocenters. The number of anilines is 1. The van der Waals surface area contributed by atoms with Crippen molar-refractivity contribution in [3.05, 3.63) is 72.1 Å². The lowest BCUT2D eigenvalue weighted by atomic mass is 9.87. The molecule has 2 heterocycles. The highest BCUT2D eigenvalue weighted by molar-refractivity contribution is 6.05. The Balaban J connectivity index is 0.00000304. The lowest BCUT2D eigenvalue weighted by molar-refractivity contribution is 0.0967. The summed E-state index contributed by atoms with van der Waals surface area (Å²) in [6.07, 6.45) is 6.79. The van der Waals surface area contributed by atoms with E-state index in [0.717, 1.165) is 31.4 Å². The molecular weight excluding hydrogens is 480 g/mol. The Bertz CT molecular complexity index is 1250. The fourth-order valence-corrected chi connectivity index (χ4v) is 4.69. The number of ether oxygens (including phenoxy) is 1. The molecule has 0 radical (unpaired) electrons. The number of aromatic nitrogens is 3. The third-order valence-corrected chi connectivity index (χ3v) is 6.32. The van der Waals surface area contributed by atoms with Gasteiger partial charge in [-0.3, -0.25) is 9.69 Å². The highest BCUT2D eigenvalue weighted by Crippen LogP contribution is 2.39. The number of ketones is 1. The highest BCUT2D eigenvalue weighted by atomic mass is 35.5. The van der Waals surface area contributed by atoms with Gasteiger partial charge in [-0.05, 0) is 49.9 Å². The first kappa shape index (κ1) is 25.2. The number of nitrogens with zero attached hydrogens (tertiary/aromatic N) is 6. The molecule has 11 heteroatoms. The quantitative estimate of drug-likeness (QED) is 0.467. The van der Waals surface area contributed by atoms with Gasteiger partial charge in [0.15, 0.2) is 5.78 Å². The lowest BCUT2D eigenvalue weighted by Gasteiger charge is -2.45. The van der Waals surface area contributed by atoms with Crippen LogP contribution in [0.4, 0.5) is 5.69 Å². The third-order valence-electron chi connectivity index (χ3n) is 6.32. The number of carbonyl (C=O) groups excluding carboxylic acids is 1. The maximum Gasteiger partial charge on any atom is 0.220 e. The van der Waals surface area contributed by atoms with Crippen molar-refractivity contribution in [2.45, 2.75) is 50.9 Å². The molecule has 1 aliphatic carbocycles. The van der Waals surface area contributed by atoms with Crippen molar-refractivity contribution in [1.82, 2.24) is 15.0 Å². The largest absolute Gasteiger partial charge is 0.487 e. The van der Waals surface area contributed by atoms with Gasteiger partial charge >= 0.3 is 0 Å². The van der Waals surface area contributed by atoms with Crippen LogP contribution >= 0.6 is 12.4 Å². The van der Waals surface area contributed by atoms with Crippen LogP contribution in [0, 0.1) is 0 Å². The summed E-state index contributed by atoms with van der Waals surface area (Å²) < 4.78 is 7.41. The predicted molar refractivity (Wildman–Crippen MR) is 140 cm³/mol. The van der Waals surface area contributed by atoms with Gasteiger partial charge in [0.1, 0.15) is 30.3 Å². The van der Waals surface area contributed by atoms with Crippen LogP contribution in [0.25, 0.3) is 0 Å². The van der Waals surface area contributed by atoms with Crippen LogP contribution in [0.3, 0.4) is 0 Å². The molecule has 10 nitrogen and oxygen atoms in total. The van der Waals surface area contributed by atoms with Crippen LogP contribution in [-0.2, 0) is 13.2 Å². The average molecular weight is 509 g/mol. The Morgan fingerprint density at radius 3 is 2.44 bits per heavy atom. The first-order chi connectivity index (χ1) is 17.0. The van der Waals surface area contributed by atoms with Gasteiger partial charge in [-0.1, -0.05) is 42.0 Å². The minimum absolute atomic E-state index is 0. The summed E-state index contributed by atoms with van der Waals surface area (Å²) in [5, 5.41) is 8.15. The predicted octanol–water partition coefficient (Wildman–Crippen LogP) is 3.27. The summed E-state index contributed by atoms with van der Waals surface area (Å²) in [5.41, 5.74) is 13.9. The second-order valence-electron chi connectivity index (χ2n) is 8.80. The third kappa shape index (κ3) is 5.33. The molecule has 1 saturated carbocycles. The van der Waals surface area contributed by atoms with E-state index in [9.17, 15) is 4.79 Å². The molecule has 0 saturated heterocycles. The van der Waals surface area contributed by atoms with E-state index in [1.54, 1.807) is 18.3 Å². The summed E-state index contributed by atoms with van der Waals surface area (Å²) in [7, 11) is 0. The minimum Gasteiger partial charge on any atom is -0.487 e. The zero-order valence-electron chi connectivity index (χ0n) is 19.8. The molecular formula is C25H29ClN8O2. The van der Waals surface area contributed by atoms with Crippen molar-refractivity contribution in [3.8, 4) is 5.75 Å². The van der Waals surface area contributed by atoms with E-state index in [0.29, 0.717) is 23.0 Å². The van der Waals surface area contributed by atoms with E-state index in [1.807, 2.05) is 47.4 Å². The van der Waals surface area contributed by atoms with Crippen molar-refractivity contribution in [3.63, 3.8) is 0 Å². The summed E-state index contributed by atoms with van der Waals surface area (Å²) in [6.45, 7) is 0.357. The first-order valence-corrected chi connectivity index (χ1v) is 11.7. The number of hydrogen-bond acceptors (Lipinski definition) is 9. The summed E-state index contributed by atoms with van der Waals surface area (Å²) >= 11 is 0. The maximum absolute atomic E-state index is 12.4. The number of rotatable bonds is 7. The molecule has 5 rings (SSSR count). The van der Waals surface area contributed by atoms with Crippen molar-refractivity contribution >= 4 is 35.8 Å². The lowest BCUT2D eigenvalue weighted by Crippen LogP contribution is -2.58. The van der Waals surface area contributed by atoms with Crippen molar-refractivity contribution in [2.75, 3.05) is 4.90 Å². The summed E-state index contributed by atoms with van der Waals surface area (Å²) in [6, 6.07) is 16.8. The number of aliphatic imine (C=N–C) groups is 2. The number of halogens is 1. The van der Waals surface area contributed by atoms with Gasteiger partial charge in [0.05, 0.1) is 6.20 Å². The normalized spacial score (nSPS) is 16.6. The van der Waals surface area contributed by atoms with Gasteiger partial charge in [0.25, 0.3) is 0 Å². The zero-order chi connectivity index (χ0) is 24.3. The molecule has 188 valence electrons. The van der Waals surface area contributed by atoms with E-state index in [1.165, 1.54) is 11.1 Å². The number of nitrogens with two attached hydrogens (primary N) is 2. The van der Waals surface area contributed by atoms with Crippen LogP contribution in [0.5, 0.6) is 5.75 Å². The smallest absolute Gasteiger partial charge is 0.220 e. The highest BCUT2D eigenvalue weighted by Gasteiger charge is 2.42. The molecule has 1 aromatic heterocycles. The maximum atomic E-state index is 12.4. The van der Waals surface area contributed by atoms with Gasteiger partial charge in [-0.2, -0.15) is 4.99 Å². The van der Waals surface area contributed by atoms with Gasteiger partial charge in [-0.25, -0.2) is 9.67 Å². The Labute approximate surface area is 215 Å². The standard InChI is InChI=1S/C25H28N8O2.ClH/c26-23-28-24(27)33(25(29-23)13-5-2-6-14-25)20-9-11-21(12-10-20)35-17-19-15-32(31-30-19)16-22(34)18-7-3-1-4-8-18;/h1,3-4,7-12,15H,2,5-6,13-14,16-17H2,(H4,26,27,28,29);1H. The van der Waals surface area contributed by atoms with Crippen LogP contribution in [0.1, 0.15) is 48.2 Å². The molecule has 2 aromatic carbocycles. The van der Waals surface area contributed by atoms with Crippen LogP contribution in [0.15, 0.2) is 70.8 Å². The van der Waals surface area contributed by atoms with Crippen LogP contribution < -0.4 is 21.1 Å². The molecule has 4 N–H and O–H groups in total. The van der Waals surface area contributed by atoms with E-state index in [2.05, 4.69) is 15.3 Å². The summed E-state index contributed by atoms with van der Waals surface area (Å²) in [5.74, 6) is 1.24. The Morgan fingerprint density at radius 1 is 1.00 bits per heavy atom. The molecule has 0 bridgehead atoms. The van der Waals surface area contributed by atoms with E-state index in [-0.39, 0.29) is 37.3 Å². The number of hydrogen-bond donors (Lipinski definition) is 2. The Hall–Kier alpha value is -3.92. The second-order valence-corrected chi connectivity index (χ2v) is 8.80. The van der Waals surface area contributed by atoms with Crippen molar-refractivity contribution in [1.29, 1.82) is 0 Å². The number of benzene rings is 2. The van der Waals surface area contributed by atoms with Crippen molar-refractivity contribution < 1.29 is 9.53 Å². The van der Waals surface area contributed by atoms with Gasteiger partial charge in [0.2, 0.25) is 11.9 Å². The Kier molecular flexibility index (Phi) is 7.54. The molecule has 2 aliphatic rings. The summed E-state index contributed by atoms with van der Waals surface area (Å²) in [4.78, 5) is 23.3. The fraction of sp³-hybridized carbons (Fsp3) is 0.320. The topological polar surface area (TPSA) is 137 Å². The molecule has 1 fully saturated rings. The molecule has 36 heavy (non-hydrogen) atoms. The zero-order valence-corrected chi connectivity index (χ0v) is 20.6. The van der Waals surface area contributed by atoms with E-state index < -0.39 is 5.66 Å². The molecule has 3 aromatic rings. The van der Waals surface area contributed by atoms with Crippen molar-refractivity contribution in [2.24, 2.45) is 21.5 Å². The fourth-order valence-electron chi connectivity index (χ4n) is 4.69. The Morgan fingerprint density at radius 2 is 1.72 bits per heavy atom. The number of guanidine groups is 2. The molecule has 1 aliphatic heterocycles. The van der Waals surface area contributed by atoms with Crippen LogP contribution in [0.2, 0.25) is 0 Å². The first-order valence-electron chi connectivity index (χ1n) is 11.7. The second kappa shape index (κ2) is 10.8. The van der Waals surface area contributed by atoms with Gasteiger partial charge in [0, 0.05) is 11.3 Å². The molecule has 0 atom stereocenters. The van der Waals surface area contributed by atoms with E-state index >= 15 is 0 Å². The molecule has 0 amide bonds. The van der Waals surface area contributed by atoms with Crippen LogP contribution in [-0.4, -0.2) is 38.4 Å². The molecule has 1 spiro atoms. The average Bonchev–Trinajstić information content (AvgIpc) is 3.31. The monoisotopic (exact) mass is 508 g/mol. The minimum atomic E-state index is -0.480. The van der Waals surface area contributed by atoms with Gasteiger partial charge in [-0.15, -0.1) is 17.5 Å². The van der Waals surface area contributed by atoms with E-state index in [4.69, 9.17) is 21.2 Å².